The third kappa shape index (κ3) is 4.01. The summed E-state index contributed by atoms with van der Waals surface area (Å²) in [5.74, 6) is 0. The molecule has 0 radical (unpaired) electrons. The van der Waals surface area contributed by atoms with Gasteiger partial charge in [0.15, 0.2) is 0 Å². The van der Waals surface area contributed by atoms with Crippen molar-refractivity contribution in [3.63, 3.8) is 0 Å². The van der Waals surface area contributed by atoms with E-state index in [4.69, 9.17) is 10.8 Å². The predicted molar refractivity (Wildman–Crippen MR) is 149 cm³/mol. The number of rotatable bonds is 5. The van der Waals surface area contributed by atoms with E-state index < -0.39 is 0 Å². The Labute approximate surface area is 215 Å². The molecule has 0 unspecified atom stereocenters. The van der Waals surface area contributed by atoms with Crippen LogP contribution in [0.15, 0.2) is 59.7 Å². The quantitative estimate of drug-likeness (QED) is 0.344. The van der Waals surface area contributed by atoms with Crippen LogP contribution in [0.2, 0.25) is 0 Å². The van der Waals surface area contributed by atoms with E-state index in [-0.39, 0.29) is 11.6 Å². The van der Waals surface area contributed by atoms with Crippen molar-refractivity contribution < 1.29 is 0 Å². The number of nitrogens with one attached hydrogen (secondary N) is 1. The van der Waals surface area contributed by atoms with Crippen LogP contribution in [0.1, 0.15) is 44.0 Å². The Morgan fingerprint density at radius 1 is 1.11 bits per heavy atom. The summed E-state index contributed by atoms with van der Waals surface area (Å²) in [7, 11) is 0. The van der Waals surface area contributed by atoms with Crippen molar-refractivity contribution in [1.29, 1.82) is 0 Å². The molecule has 190 valence electrons. The minimum absolute atomic E-state index is 0.0969. The van der Waals surface area contributed by atoms with Crippen molar-refractivity contribution >= 4 is 27.4 Å². The van der Waals surface area contributed by atoms with Crippen molar-refractivity contribution in [3.05, 3.63) is 76.5 Å². The number of benzene rings is 2. The van der Waals surface area contributed by atoms with E-state index in [0.717, 1.165) is 70.1 Å². The van der Waals surface area contributed by atoms with E-state index in [1.165, 1.54) is 0 Å². The number of H-pyrrole nitrogens is 1. The molecule has 6 rings (SSSR count). The van der Waals surface area contributed by atoms with Crippen LogP contribution in [0.25, 0.3) is 32.9 Å². The van der Waals surface area contributed by atoms with Gasteiger partial charge in [0.1, 0.15) is 5.69 Å². The Bertz CT molecular complexity index is 1640. The number of pyridine rings is 1. The van der Waals surface area contributed by atoms with Crippen LogP contribution >= 0.6 is 0 Å². The lowest BCUT2D eigenvalue weighted by Crippen LogP contribution is -2.41. The molecule has 37 heavy (non-hydrogen) atoms. The molecule has 3 N–H and O–H groups in total. The lowest BCUT2D eigenvalue weighted by Gasteiger charge is -2.36. The highest BCUT2D eigenvalue weighted by Gasteiger charge is 2.26. The van der Waals surface area contributed by atoms with Crippen molar-refractivity contribution in [3.8, 4) is 11.3 Å². The predicted octanol–water partition coefficient (Wildman–Crippen LogP) is 4.73. The highest BCUT2D eigenvalue weighted by atomic mass is 16.1. The zero-order chi connectivity index (χ0) is 25.7. The van der Waals surface area contributed by atoms with Crippen molar-refractivity contribution in [1.82, 2.24) is 29.4 Å². The maximum Gasteiger partial charge on any atom is 0.259 e. The maximum atomic E-state index is 14.1. The Morgan fingerprint density at radius 2 is 1.89 bits per heavy atom. The van der Waals surface area contributed by atoms with Crippen LogP contribution in [0.4, 0.5) is 5.69 Å². The van der Waals surface area contributed by atoms with Gasteiger partial charge < -0.3 is 15.2 Å². The summed E-state index contributed by atoms with van der Waals surface area (Å²) in [6, 6.07) is 14.8. The molecular formula is C29H33N7O. The number of aryl methyl sites for hydroxylation is 1. The number of hydrogen-bond donors (Lipinski definition) is 2. The van der Waals surface area contributed by atoms with Gasteiger partial charge in [0, 0.05) is 48.3 Å². The summed E-state index contributed by atoms with van der Waals surface area (Å²) in [5, 5.41) is 14.7. The molecule has 0 spiro atoms. The minimum Gasteiger partial charge on any atom is -0.398 e. The number of nitrogens with zero attached hydrogens (tertiary/aromatic N) is 5. The van der Waals surface area contributed by atoms with E-state index in [2.05, 4.69) is 39.6 Å². The molecule has 1 saturated heterocycles. The topological polar surface area (TPSA) is 97.8 Å². The first kappa shape index (κ1) is 23.5. The van der Waals surface area contributed by atoms with Gasteiger partial charge in [-0.05, 0) is 62.8 Å². The molecule has 4 heterocycles. The van der Waals surface area contributed by atoms with E-state index in [9.17, 15) is 4.79 Å². The van der Waals surface area contributed by atoms with Crippen molar-refractivity contribution in [2.75, 3.05) is 18.8 Å². The molecule has 5 aromatic rings. The third-order valence-electron chi connectivity index (χ3n) is 7.86. The minimum atomic E-state index is 0.0969. The summed E-state index contributed by atoms with van der Waals surface area (Å²) in [6.45, 7) is 8.96. The average molecular weight is 496 g/mol. The van der Waals surface area contributed by atoms with Gasteiger partial charge in [0.2, 0.25) is 0 Å². The number of likely N-dealkylation sites (tertiary alicyclic amines) is 1. The smallest absolute Gasteiger partial charge is 0.259 e. The van der Waals surface area contributed by atoms with Gasteiger partial charge in [0.05, 0.1) is 29.0 Å². The molecule has 0 atom stereocenters. The molecule has 1 aliphatic rings. The van der Waals surface area contributed by atoms with Crippen molar-refractivity contribution in [2.45, 2.75) is 52.2 Å². The Morgan fingerprint density at radius 3 is 2.62 bits per heavy atom. The van der Waals surface area contributed by atoms with Gasteiger partial charge in [-0.3, -0.25) is 14.6 Å². The summed E-state index contributed by atoms with van der Waals surface area (Å²) < 4.78 is 4.04. The fourth-order valence-corrected chi connectivity index (χ4v) is 5.90. The highest BCUT2D eigenvalue weighted by Crippen LogP contribution is 2.33. The zero-order valence-corrected chi connectivity index (χ0v) is 21.6. The van der Waals surface area contributed by atoms with Crippen LogP contribution in [-0.4, -0.2) is 48.6 Å². The zero-order valence-electron chi connectivity index (χ0n) is 21.6. The van der Waals surface area contributed by atoms with E-state index in [0.29, 0.717) is 18.3 Å². The summed E-state index contributed by atoms with van der Waals surface area (Å²) in [6.07, 6.45) is 5.50. The molecule has 0 aliphatic carbocycles. The maximum absolute atomic E-state index is 14.1. The largest absolute Gasteiger partial charge is 0.398 e. The van der Waals surface area contributed by atoms with E-state index in [1.54, 1.807) is 6.20 Å². The summed E-state index contributed by atoms with van der Waals surface area (Å²) in [5.41, 5.74) is 11.8. The highest BCUT2D eigenvalue weighted by molar-refractivity contribution is 6.01. The van der Waals surface area contributed by atoms with Gasteiger partial charge in [-0.15, -0.1) is 0 Å². The molecule has 0 saturated carbocycles. The van der Waals surface area contributed by atoms with Gasteiger partial charge in [-0.2, -0.15) is 10.2 Å². The second-order valence-electron chi connectivity index (χ2n) is 10.4. The summed E-state index contributed by atoms with van der Waals surface area (Å²) in [4.78, 5) is 16.6. The fraction of sp³-hybridized carbons (Fsp3) is 0.345. The second kappa shape index (κ2) is 9.19. The number of aromatic amines is 1. The molecule has 0 amide bonds. The normalized spacial score (nSPS) is 15.4. The molecule has 3 aromatic heterocycles. The SMILES string of the molecule is Cc1cccc2cc(Cn3nc(-c4cn[nH]c4)c4c(N)cccc43)n(C3CCN(C(C)C)CC3)c(=O)c12. The van der Waals surface area contributed by atoms with Crippen LogP contribution in [0, 0.1) is 6.92 Å². The Kier molecular flexibility index (Phi) is 5.83. The molecular weight excluding hydrogens is 462 g/mol. The number of nitrogen functional groups attached to an aromatic ring is 1. The number of aromatic nitrogens is 5. The first-order chi connectivity index (χ1) is 17.9. The van der Waals surface area contributed by atoms with Gasteiger partial charge in [-0.1, -0.05) is 24.3 Å². The van der Waals surface area contributed by atoms with Gasteiger partial charge in [0.25, 0.3) is 5.56 Å². The molecule has 8 heteroatoms. The molecule has 1 aliphatic heterocycles. The number of anilines is 1. The Hall–Kier alpha value is -3.91. The van der Waals surface area contributed by atoms with Gasteiger partial charge >= 0.3 is 0 Å². The van der Waals surface area contributed by atoms with E-state index >= 15 is 0 Å². The lowest BCUT2D eigenvalue weighted by atomic mass is 10.0. The number of hydrogen-bond acceptors (Lipinski definition) is 5. The average Bonchev–Trinajstić information content (AvgIpc) is 3.53. The van der Waals surface area contributed by atoms with E-state index in [1.807, 2.05) is 54.2 Å². The first-order valence-corrected chi connectivity index (χ1v) is 13.0. The molecule has 0 bridgehead atoms. The third-order valence-corrected chi connectivity index (χ3v) is 7.86. The first-order valence-electron chi connectivity index (χ1n) is 13.0. The van der Waals surface area contributed by atoms with Crippen LogP contribution in [-0.2, 0) is 6.54 Å². The number of fused-ring (bicyclic) bond motifs is 2. The lowest BCUT2D eigenvalue weighted by molar-refractivity contribution is 0.149. The van der Waals surface area contributed by atoms with Crippen LogP contribution in [0.5, 0.6) is 0 Å². The monoisotopic (exact) mass is 495 g/mol. The van der Waals surface area contributed by atoms with Crippen LogP contribution in [0.3, 0.4) is 0 Å². The number of piperidine rings is 1. The van der Waals surface area contributed by atoms with Crippen molar-refractivity contribution in [2.24, 2.45) is 0 Å². The Balaban J connectivity index is 1.51. The van der Waals surface area contributed by atoms with Crippen LogP contribution < -0.4 is 11.3 Å². The van der Waals surface area contributed by atoms with Gasteiger partial charge in [-0.25, -0.2) is 0 Å². The second-order valence-corrected chi connectivity index (χ2v) is 10.4. The molecule has 8 nitrogen and oxygen atoms in total. The fourth-order valence-electron chi connectivity index (χ4n) is 5.90. The molecule has 1 fully saturated rings. The summed E-state index contributed by atoms with van der Waals surface area (Å²) >= 11 is 0. The number of nitrogens with two attached hydrogens (primary N) is 1. The molecule has 2 aromatic carbocycles. The standard InChI is InChI=1S/C29H33N7O/c1-18(2)34-12-10-22(11-13-34)36-23(14-20-7-4-6-19(3)26(20)29(36)37)17-35-25-9-5-8-24(30)27(25)28(33-35)21-15-31-32-16-21/h4-9,14-16,18,22H,10-13,17,30H2,1-3H3,(H,31,32).